The number of hydrogen-bond acceptors (Lipinski definition) is 5. The van der Waals surface area contributed by atoms with E-state index in [1.54, 1.807) is 12.1 Å². The molecule has 2 rings (SSSR count). The Bertz CT molecular complexity index is 545. The molecule has 0 saturated carbocycles. The van der Waals surface area contributed by atoms with Crippen LogP contribution in [0.2, 0.25) is 0 Å². The van der Waals surface area contributed by atoms with E-state index >= 15 is 0 Å². The second kappa shape index (κ2) is 10.3. The Kier molecular flexibility index (Phi) is 8.82. The summed E-state index contributed by atoms with van der Waals surface area (Å²) in [5.41, 5.74) is 0.523. The molecule has 1 unspecified atom stereocenters. The number of ether oxygens (including phenoxy) is 3. The van der Waals surface area contributed by atoms with Crippen LogP contribution in [0, 0.1) is 0 Å². The number of carbonyl (C=O) groups excluding carboxylic acids is 1. The fourth-order valence-electron chi connectivity index (χ4n) is 3.05. The van der Waals surface area contributed by atoms with Crippen LogP contribution in [0.1, 0.15) is 16.8 Å². The summed E-state index contributed by atoms with van der Waals surface area (Å²) in [6.45, 7) is 4.11. The molecular formula is C17H27ClN2O5. The molecule has 0 radical (unpaired) electrons. The highest BCUT2D eigenvalue weighted by atomic mass is 35.5. The van der Waals surface area contributed by atoms with E-state index in [4.69, 9.17) is 19.3 Å². The zero-order valence-electron chi connectivity index (χ0n) is 15.0. The number of amides is 1. The normalized spacial score (nSPS) is 17.3. The molecule has 1 aliphatic rings. The first kappa shape index (κ1) is 21.3. The number of nitrogens with zero attached hydrogens (tertiary/aromatic N) is 1. The molecule has 1 aliphatic heterocycles. The predicted molar refractivity (Wildman–Crippen MR) is 89.3 cm³/mol. The number of halogens is 1. The summed E-state index contributed by atoms with van der Waals surface area (Å²) in [6, 6.07) is 3.37. The van der Waals surface area contributed by atoms with Gasteiger partial charge >= 0.3 is 0 Å². The summed E-state index contributed by atoms with van der Waals surface area (Å²) in [6.07, 6.45) is 0.922. The van der Waals surface area contributed by atoms with Crippen molar-refractivity contribution < 1.29 is 41.4 Å². The quantitative estimate of drug-likeness (QED) is 0.539. The standard InChI is InChI=1S/C17H26N2O5.ClH/c1-22-14-11-13(12-15(23-2)16(14)24-3)17(21)19-6-4-5-18(7-8-19)9-10-20;/h11-12,20H,4-10H2,1-3H3;1H. The Balaban J connectivity index is 0.00000312. The first-order valence-corrected chi connectivity index (χ1v) is 8.18. The lowest BCUT2D eigenvalue weighted by molar-refractivity contribution is -0.898. The van der Waals surface area contributed by atoms with Crippen molar-refractivity contribution in [3.05, 3.63) is 17.7 Å². The van der Waals surface area contributed by atoms with Crippen molar-refractivity contribution in [2.45, 2.75) is 6.42 Å². The number of aliphatic hydroxyl groups excluding tert-OH is 1. The fraction of sp³-hybridized carbons (Fsp3) is 0.588. The van der Waals surface area contributed by atoms with Crippen LogP contribution in [0.5, 0.6) is 17.2 Å². The predicted octanol–water partition coefficient (Wildman–Crippen LogP) is -3.56. The fourth-order valence-corrected chi connectivity index (χ4v) is 3.05. The van der Waals surface area contributed by atoms with Crippen LogP contribution in [0.25, 0.3) is 0 Å². The second-order valence-electron chi connectivity index (χ2n) is 5.78. The molecule has 0 aromatic heterocycles. The summed E-state index contributed by atoms with van der Waals surface area (Å²) >= 11 is 0. The van der Waals surface area contributed by atoms with Gasteiger partial charge in [-0.15, -0.1) is 0 Å². The van der Waals surface area contributed by atoms with Crippen molar-refractivity contribution in [3.63, 3.8) is 0 Å². The number of aliphatic hydroxyl groups is 1. The average Bonchev–Trinajstić information content (AvgIpc) is 2.85. The Morgan fingerprint density at radius 1 is 1.12 bits per heavy atom. The lowest BCUT2D eigenvalue weighted by Gasteiger charge is -2.21. The molecule has 25 heavy (non-hydrogen) atoms. The summed E-state index contributed by atoms with van der Waals surface area (Å²) < 4.78 is 15.9. The van der Waals surface area contributed by atoms with Gasteiger partial charge in [-0.1, -0.05) is 0 Å². The van der Waals surface area contributed by atoms with Gasteiger partial charge in [0.1, 0.15) is 6.54 Å². The summed E-state index contributed by atoms with van der Waals surface area (Å²) in [4.78, 5) is 16.1. The van der Waals surface area contributed by atoms with Crippen molar-refractivity contribution in [2.75, 3.05) is 60.7 Å². The molecule has 1 aromatic rings. The smallest absolute Gasteiger partial charge is 0.254 e. The number of quaternary nitrogens is 1. The van der Waals surface area contributed by atoms with E-state index < -0.39 is 0 Å². The molecule has 8 heteroatoms. The minimum atomic E-state index is -0.0421. The van der Waals surface area contributed by atoms with Crippen LogP contribution in [-0.4, -0.2) is 76.6 Å². The number of rotatable bonds is 6. The maximum atomic E-state index is 12.9. The molecular weight excluding hydrogens is 348 g/mol. The molecule has 2 N–H and O–H groups in total. The van der Waals surface area contributed by atoms with Crippen LogP contribution in [0.4, 0.5) is 0 Å². The number of nitrogens with one attached hydrogen (secondary N) is 1. The minimum absolute atomic E-state index is 0. The Hall–Kier alpha value is -1.70. The molecule has 1 heterocycles. The van der Waals surface area contributed by atoms with E-state index in [0.717, 1.165) is 26.1 Å². The van der Waals surface area contributed by atoms with Crippen molar-refractivity contribution in [1.29, 1.82) is 0 Å². The van der Waals surface area contributed by atoms with Gasteiger partial charge < -0.3 is 41.5 Å². The van der Waals surface area contributed by atoms with Gasteiger partial charge in [0.15, 0.2) is 11.5 Å². The third-order valence-electron chi connectivity index (χ3n) is 4.36. The maximum absolute atomic E-state index is 12.9. The number of methoxy groups -OCH3 is 3. The highest BCUT2D eigenvalue weighted by Crippen LogP contribution is 2.38. The molecule has 1 atom stereocenters. The lowest BCUT2D eigenvalue weighted by Crippen LogP contribution is -3.12. The van der Waals surface area contributed by atoms with Gasteiger partial charge in [-0.2, -0.15) is 0 Å². The third-order valence-corrected chi connectivity index (χ3v) is 4.36. The molecule has 0 aliphatic carbocycles. The van der Waals surface area contributed by atoms with Crippen LogP contribution in [0.3, 0.4) is 0 Å². The summed E-state index contributed by atoms with van der Waals surface area (Å²) in [5, 5.41) is 9.09. The van der Waals surface area contributed by atoms with Gasteiger partial charge in [-0.25, -0.2) is 0 Å². The molecule has 1 aromatic carbocycles. The lowest BCUT2D eigenvalue weighted by atomic mass is 10.1. The largest absolute Gasteiger partial charge is 1.00 e. The topological polar surface area (TPSA) is 72.7 Å². The Morgan fingerprint density at radius 3 is 2.28 bits per heavy atom. The van der Waals surface area contributed by atoms with Crippen LogP contribution in [0.15, 0.2) is 12.1 Å². The average molecular weight is 375 g/mol. The van der Waals surface area contributed by atoms with Crippen LogP contribution < -0.4 is 31.5 Å². The maximum Gasteiger partial charge on any atom is 0.254 e. The summed E-state index contributed by atoms with van der Waals surface area (Å²) in [5.74, 6) is 1.38. The molecule has 1 saturated heterocycles. The van der Waals surface area contributed by atoms with E-state index in [9.17, 15) is 4.79 Å². The van der Waals surface area contributed by atoms with Gasteiger partial charge in [0.25, 0.3) is 5.91 Å². The molecule has 0 spiro atoms. The van der Waals surface area contributed by atoms with E-state index in [-0.39, 0.29) is 24.9 Å². The van der Waals surface area contributed by atoms with Gasteiger partial charge in [-0.05, 0) is 12.1 Å². The van der Waals surface area contributed by atoms with Gasteiger partial charge in [0.2, 0.25) is 5.75 Å². The Labute approximate surface area is 154 Å². The highest BCUT2D eigenvalue weighted by Gasteiger charge is 2.24. The molecule has 1 fully saturated rings. The first-order valence-electron chi connectivity index (χ1n) is 8.18. The molecule has 0 bridgehead atoms. The second-order valence-corrected chi connectivity index (χ2v) is 5.78. The van der Waals surface area contributed by atoms with Crippen molar-refractivity contribution in [2.24, 2.45) is 0 Å². The van der Waals surface area contributed by atoms with E-state index in [1.165, 1.54) is 26.2 Å². The number of hydrogen-bond donors (Lipinski definition) is 2. The van der Waals surface area contributed by atoms with Crippen LogP contribution in [-0.2, 0) is 0 Å². The SMILES string of the molecule is COc1cc(C(=O)N2CCC[NH+](CCO)CC2)cc(OC)c1OC.[Cl-]. The monoisotopic (exact) mass is 374 g/mol. The first-order chi connectivity index (χ1) is 11.6. The van der Waals surface area contributed by atoms with Gasteiger partial charge in [-0.3, -0.25) is 4.79 Å². The van der Waals surface area contributed by atoms with E-state index in [0.29, 0.717) is 35.9 Å². The summed E-state index contributed by atoms with van der Waals surface area (Å²) in [7, 11) is 4.61. The van der Waals surface area contributed by atoms with Crippen molar-refractivity contribution in [3.8, 4) is 17.2 Å². The number of benzene rings is 1. The van der Waals surface area contributed by atoms with E-state index in [2.05, 4.69) is 0 Å². The molecule has 1 amide bonds. The third kappa shape index (κ3) is 5.14. The highest BCUT2D eigenvalue weighted by molar-refractivity contribution is 5.95. The minimum Gasteiger partial charge on any atom is -1.00 e. The Morgan fingerprint density at radius 2 is 1.76 bits per heavy atom. The molecule has 142 valence electrons. The van der Waals surface area contributed by atoms with Crippen molar-refractivity contribution in [1.82, 2.24) is 4.90 Å². The zero-order valence-corrected chi connectivity index (χ0v) is 15.8. The van der Waals surface area contributed by atoms with E-state index in [1.807, 2.05) is 4.90 Å². The molecule has 7 nitrogen and oxygen atoms in total. The zero-order chi connectivity index (χ0) is 17.5. The van der Waals surface area contributed by atoms with Gasteiger partial charge in [0.05, 0.1) is 47.6 Å². The van der Waals surface area contributed by atoms with Gasteiger partial charge in [0, 0.05) is 18.5 Å². The number of carbonyl (C=O) groups is 1. The van der Waals surface area contributed by atoms with Crippen molar-refractivity contribution >= 4 is 5.91 Å². The van der Waals surface area contributed by atoms with Crippen LogP contribution >= 0.6 is 0 Å².